The quantitative estimate of drug-likeness (QED) is 0.203. The molecule has 0 unspecified atom stereocenters. The second-order valence-electron chi connectivity index (χ2n) is 9.76. The van der Waals surface area contributed by atoms with Gasteiger partial charge in [-0.2, -0.15) is 13.1 Å². The van der Waals surface area contributed by atoms with Gasteiger partial charge in [0.25, 0.3) is 0 Å². The third-order valence-electron chi connectivity index (χ3n) is 6.62. The SMILES string of the molecule is CCCC(=O)OS(=O)(=O)NCc1ccc2ccc(C(N)=Nc3ccc(OC4CCN(C(C)=N)CC4)cc3)cc2c1.Cl.Cl. The van der Waals surface area contributed by atoms with Crippen LogP contribution in [-0.2, 0) is 25.8 Å². The number of amidine groups is 2. The number of hydrogen-bond donors (Lipinski definition) is 3. The minimum absolute atomic E-state index is 0. The number of rotatable bonds is 10. The summed E-state index contributed by atoms with van der Waals surface area (Å²) in [5.74, 6) is 0.931. The summed E-state index contributed by atoms with van der Waals surface area (Å²) in [6.45, 7) is 5.21. The van der Waals surface area contributed by atoms with Gasteiger partial charge in [-0.1, -0.05) is 31.2 Å². The number of aliphatic imine (C=N–C) groups is 1. The van der Waals surface area contributed by atoms with E-state index in [0.717, 1.165) is 48.0 Å². The Kier molecular flexibility index (Phi) is 13.0. The summed E-state index contributed by atoms with van der Waals surface area (Å²) in [6.07, 6.45) is 2.42. The van der Waals surface area contributed by atoms with Gasteiger partial charge < -0.3 is 19.6 Å². The molecule has 0 bridgehead atoms. The van der Waals surface area contributed by atoms with Gasteiger partial charge in [0.05, 0.1) is 11.5 Å². The first kappa shape index (κ1) is 34.8. The number of carbonyl (C=O) groups is 1. The molecule has 0 amide bonds. The summed E-state index contributed by atoms with van der Waals surface area (Å²) in [6, 6.07) is 18.7. The standard InChI is InChI=1S/C29H35N5O5S.2ClH/c1-3-4-28(35)39-40(36,37)32-19-21-5-6-22-7-8-23(18-24(22)17-21)29(31)33-25-9-11-26(12-10-25)38-27-13-15-34(16-14-27)20(2)30;;/h5-12,17-18,27,30,32H,3-4,13-16,19H2,1-2H3,(H2,31,33);2*1H. The molecule has 42 heavy (non-hydrogen) atoms. The molecule has 0 aromatic heterocycles. The van der Waals surface area contributed by atoms with Crippen molar-refractivity contribution >= 4 is 69.2 Å². The molecule has 1 aliphatic heterocycles. The average Bonchev–Trinajstić information content (AvgIpc) is 2.92. The van der Waals surface area contributed by atoms with Crippen LogP contribution in [0.25, 0.3) is 10.8 Å². The second-order valence-corrected chi connectivity index (χ2v) is 11.1. The molecule has 1 saturated heterocycles. The number of piperidine rings is 1. The lowest BCUT2D eigenvalue weighted by Gasteiger charge is -2.32. The summed E-state index contributed by atoms with van der Waals surface area (Å²) in [7, 11) is -4.18. The number of ether oxygens (including phenoxy) is 1. The molecule has 0 spiro atoms. The first-order valence-corrected chi connectivity index (χ1v) is 14.7. The Balaban J connectivity index is 0.00000308. The van der Waals surface area contributed by atoms with Gasteiger partial charge in [-0.25, -0.2) is 4.99 Å². The average molecular weight is 639 g/mol. The zero-order chi connectivity index (χ0) is 28.7. The predicted octanol–water partition coefficient (Wildman–Crippen LogP) is 5.24. The maximum absolute atomic E-state index is 12.0. The summed E-state index contributed by atoms with van der Waals surface area (Å²) in [5.41, 5.74) is 8.45. The smallest absolute Gasteiger partial charge is 0.385 e. The molecule has 0 radical (unpaired) electrons. The van der Waals surface area contributed by atoms with E-state index in [0.29, 0.717) is 29.3 Å². The van der Waals surface area contributed by atoms with Crippen molar-refractivity contribution in [1.82, 2.24) is 9.62 Å². The van der Waals surface area contributed by atoms with E-state index in [2.05, 4.69) is 18.8 Å². The molecule has 1 aliphatic rings. The highest BCUT2D eigenvalue weighted by Crippen LogP contribution is 2.24. The lowest BCUT2D eigenvalue weighted by molar-refractivity contribution is -0.133. The van der Waals surface area contributed by atoms with Gasteiger partial charge in [-0.3, -0.25) is 10.2 Å². The molecule has 1 heterocycles. The first-order chi connectivity index (χ1) is 19.1. The van der Waals surface area contributed by atoms with Crippen LogP contribution in [0.5, 0.6) is 5.75 Å². The normalized spacial score (nSPS) is 14.0. The topological polar surface area (TPSA) is 147 Å². The van der Waals surface area contributed by atoms with E-state index < -0.39 is 16.3 Å². The third-order valence-corrected chi connectivity index (χ3v) is 7.52. The Morgan fingerprint density at radius 1 is 1.05 bits per heavy atom. The molecule has 13 heteroatoms. The number of benzene rings is 3. The van der Waals surface area contributed by atoms with Crippen molar-refractivity contribution in [3.05, 3.63) is 71.8 Å². The fourth-order valence-electron chi connectivity index (χ4n) is 4.44. The molecular formula is C29H37Cl2N5O5S. The van der Waals surface area contributed by atoms with Crippen molar-refractivity contribution in [3.8, 4) is 5.75 Å². The molecule has 0 saturated carbocycles. The Bertz CT molecular complexity index is 1510. The monoisotopic (exact) mass is 637 g/mol. The van der Waals surface area contributed by atoms with E-state index in [1.165, 1.54) is 0 Å². The second kappa shape index (κ2) is 15.7. The number of carbonyl (C=O) groups excluding carboxylic acids is 1. The summed E-state index contributed by atoms with van der Waals surface area (Å²) >= 11 is 0. The van der Waals surface area contributed by atoms with Crippen molar-refractivity contribution in [1.29, 1.82) is 5.41 Å². The number of likely N-dealkylation sites (tertiary alicyclic amines) is 1. The maximum atomic E-state index is 12.0. The van der Waals surface area contributed by atoms with Crippen molar-refractivity contribution < 1.29 is 22.1 Å². The van der Waals surface area contributed by atoms with Crippen molar-refractivity contribution in [2.75, 3.05) is 13.1 Å². The minimum Gasteiger partial charge on any atom is -0.490 e. The fourth-order valence-corrected chi connectivity index (χ4v) is 5.17. The first-order valence-electron chi connectivity index (χ1n) is 13.3. The van der Waals surface area contributed by atoms with E-state index in [4.69, 9.17) is 15.9 Å². The van der Waals surface area contributed by atoms with Crippen LogP contribution in [0.3, 0.4) is 0 Å². The van der Waals surface area contributed by atoms with Gasteiger partial charge >= 0.3 is 16.3 Å². The lowest BCUT2D eigenvalue weighted by Crippen LogP contribution is -2.40. The molecule has 10 nitrogen and oxygen atoms in total. The van der Waals surface area contributed by atoms with Crippen LogP contribution in [0.2, 0.25) is 0 Å². The van der Waals surface area contributed by atoms with Crippen LogP contribution in [0, 0.1) is 5.41 Å². The molecular weight excluding hydrogens is 601 g/mol. The van der Waals surface area contributed by atoms with Gasteiger partial charge in [0, 0.05) is 44.5 Å². The highest BCUT2D eigenvalue weighted by atomic mass is 35.5. The van der Waals surface area contributed by atoms with Crippen LogP contribution in [0.4, 0.5) is 5.69 Å². The number of nitrogens with two attached hydrogens (primary N) is 1. The molecule has 228 valence electrons. The fraction of sp³-hybridized carbons (Fsp3) is 0.345. The number of halogens is 2. The highest BCUT2D eigenvalue weighted by molar-refractivity contribution is 7.85. The van der Waals surface area contributed by atoms with Crippen LogP contribution < -0.4 is 15.2 Å². The molecule has 0 atom stereocenters. The molecule has 4 N–H and O–H groups in total. The highest BCUT2D eigenvalue weighted by Gasteiger charge is 2.20. The number of nitrogens with zero attached hydrogens (tertiary/aromatic N) is 2. The van der Waals surface area contributed by atoms with E-state index in [1.807, 2.05) is 61.5 Å². The molecule has 1 fully saturated rings. The van der Waals surface area contributed by atoms with Crippen LogP contribution in [0.15, 0.2) is 65.7 Å². The van der Waals surface area contributed by atoms with Gasteiger partial charge in [-0.05, 0) is 66.1 Å². The van der Waals surface area contributed by atoms with E-state index >= 15 is 0 Å². The van der Waals surface area contributed by atoms with Crippen LogP contribution >= 0.6 is 24.8 Å². The summed E-state index contributed by atoms with van der Waals surface area (Å²) in [5, 5.41) is 9.58. The van der Waals surface area contributed by atoms with Crippen LogP contribution in [-0.4, -0.2) is 50.2 Å². The summed E-state index contributed by atoms with van der Waals surface area (Å²) in [4.78, 5) is 18.1. The summed E-state index contributed by atoms with van der Waals surface area (Å²) < 4.78 is 37.0. The molecule has 0 aliphatic carbocycles. The minimum atomic E-state index is -4.18. The van der Waals surface area contributed by atoms with Crippen molar-refractivity contribution in [2.45, 2.75) is 52.2 Å². The largest absolute Gasteiger partial charge is 0.490 e. The van der Waals surface area contributed by atoms with Gasteiger partial charge in [0.1, 0.15) is 17.7 Å². The zero-order valence-corrected chi connectivity index (χ0v) is 26.0. The number of fused-ring (bicyclic) bond motifs is 1. The van der Waals surface area contributed by atoms with Gasteiger partial charge in [0.2, 0.25) is 0 Å². The molecule has 3 aromatic carbocycles. The number of hydrogen-bond acceptors (Lipinski definition) is 7. The van der Waals surface area contributed by atoms with Crippen molar-refractivity contribution in [2.24, 2.45) is 10.7 Å². The number of nitrogens with one attached hydrogen (secondary N) is 2. The molecule has 4 rings (SSSR count). The van der Waals surface area contributed by atoms with Crippen molar-refractivity contribution in [3.63, 3.8) is 0 Å². The van der Waals surface area contributed by atoms with E-state index in [9.17, 15) is 13.2 Å². The Morgan fingerprint density at radius 3 is 2.36 bits per heavy atom. The van der Waals surface area contributed by atoms with Gasteiger partial charge in [0.15, 0.2) is 0 Å². The maximum Gasteiger partial charge on any atom is 0.385 e. The Morgan fingerprint density at radius 2 is 1.71 bits per heavy atom. The third kappa shape index (κ3) is 9.87. The van der Waals surface area contributed by atoms with Crippen LogP contribution in [0.1, 0.15) is 50.7 Å². The Labute approximate surface area is 259 Å². The Hall–Kier alpha value is -3.38. The predicted molar refractivity (Wildman–Crippen MR) is 171 cm³/mol. The van der Waals surface area contributed by atoms with E-state index in [-0.39, 0.29) is 43.9 Å². The molecule has 3 aromatic rings. The van der Waals surface area contributed by atoms with E-state index in [1.54, 1.807) is 13.0 Å². The zero-order valence-electron chi connectivity index (χ0n) is 23.5. The van der Waals surface area contributed by atoms with Gasteiger partial charge in [-0.15, -0.1) is 24.8 Å². The lowest BCUT2D eigenvalue weighted by atomic mass is 10.0.